The van der Waals surface area contributed by atoms with Crippen molar-refractivity contribution in [3.63, 3.8) is 0 Å². The molecule has 100 valence electrons. The van der Waals surface area contributed by atoms with Crippen molar-refractivity contribution in [3.05, 3.63) is 18.2 Å². The number of nitrogens with two attached hydrogens (primary N) is 2. The third kappa shape index (κ3) is 2.58. The van der Waals surface area contributed by atoms with Gasteiger partial charge in [-0.2, -0.15) is 0 Å². The first-order valence-corrected chi connectivity index (χ1v) is 7.24. The van der Waals surface area contributed by atoms with Crippen LogP contribution in [0.1, 0.15) is 19.3 Å². The number of primary sulfonamides is 1. The van der Waals surface area contributed by atoms with Crippen molar-refractivity contribution in [2.45, 2.75) is 29.8 Å². The van der Waals surface area contributed by atoms with Crippen molar-refractivity contribution >= 4 is 21.4 Å². The van der Waals surface area contributed by atoms with Gasteiger partial charge in [0.05, 0.1) is 17.0 Å². The Labute approximate surface area is 106 Å². The van der Waals surface area contributed by atoms with Crippen molar-refractivity contribution < 1.29 is 13.5 Å². The van der Waals surface area contributed by atoms with E-state index >= 15 is 0 Å². The summed E-state index contributed by atoms with van der Waals surface area (Å²) < 4.78 is 22.6. The Morgan fingerprint density at radius 1 is 1.39 bits per heavy atom. The van der Waals surface area contributed by atoms with E-state index in [0.29, 0.717) is 12.2 Å². The third-order valence-corrected chi connectivity index (χ3v) is 4.23. The number of hydrogen-bond acceptors (Lipinski definition) is 5. The SMILES string of the molecule is Nc1c(NCC2(O)CCC2)cccc1S(N)(=O)=O. The Morgan fingerprint density at radius 3 is 2.56 bits per heavy atom. The molecule has 1 fully saturated rings. The van der Waals surface area contributed by atoms with Crippen LogP contribution in [0.5, 0.6) is 0 Å². The maximum Gasteiger partial charge on any atom is 0.240 e. The van der Waals surface area contributed by atoms with Gasteiger partial charge >= 0.3 is 0 Å². The van der Waals surface area contributed by atoms with Crippen LogP contribution in [0.2, 0.25) is 0 Å². The van der Waals surface area contributed by atoms with Crippen LogP contribution < -0.4 is 16.2 Å². The molecular weight excluding hydrogens is 254 g/mol. The highest BCUT2D eigenvalue weighted by Crippen LogP contribution is 2.33. The molecule has 18 heavy (non-hydrogen) atoms. The summed E-state index contributed by atoms with van der Waals surface area (Å²) in [6.45, 7) is 0.352. The molecule has 0 bridgehead atoms. The van der Waals surface area contributed by atoms with E-state index in [1.807, 2.05) is 0 Å². The number of benzene rings is 1. The van der Waals surface area contributed by atoms with Gasteiger partial charge in [0, 0.05) is 6.54 Å². The summed E-state index contributed by atoms with van der Waals surface area (Å²) in [7, 11) is -3.83. The van der Waals surface area contributed by atoms with Gasteiger partial charge in [0.15, 0.2) is 0 Å². The zero-order chi connectivity index (χ0) is 13.4. The van der Waals surface area contributed by atoms with Gasteiger partial charge in [0.25, 0.3) is 0 Å². The van der Waals surface area contributed by atoms with Gasteiger partial charge in [-0.25, -0.2) is 13.6 Å². The van der Waals surface area contributed by atoms with Gasteiger partial charge in [-0.15, -0.1) is 0 Å². The molecule has 7 heteroatoms. The van der Waals surface area contributed by atoms with Crippen LogP contribution in [0, 0.1) is 0 Å². The van der Waals surface area contributed by atoms with E-state index in [2.05, 4.69) is 5.32 Å². The summed E-state index contributed by atoms with van der Waals surface area (Å²) in [4.78, 5) is -0.104. The van der Waals surface area contributed by atoms with Crippen LogP contribution >= 0.6 is 0 Å². The standard InChI is InChI=1S/C11H17N3O3S/c12-10-8(14-7-11(15)5-2-6-11)3-1-4-9(10)18(13,16)17/h1,3-4,14-15H,2,5-7,12H2,(H2,13,16,17). The second-order valence-electron chi connectivity index (χ2n) is 4.69. The van der Waals surface area contributed by atoms with Crippen LogP contribution in [0.15, 0.2) is 23.1 Å². The zero-order valence-electron chi connectivity index (χ0n) is 9.89. The van der Waals surface area contributed by atoms with Crippen LogP contribution in [0.25, 0.3) is 0 Å². The maximum atomic E-state index is 11.3. The summed E-state index contributed by atoms with van der Waals surface area (Å²) in [5.74, 6) is 0. The summed E-state index contributed by atoms with van der Waals surface area (Å²) in [5, 5.41) is 18.0. The summed E-state index contributed by atoms with van der Waals surface area (Å²) in [6.07, 6.45) is 2.49. The van der Waals surface area contributed by atoms with Gasteiger partial charge in [0.2, 0.25) is 10.0 Å². The Morgan fingerprint density at radius 2 is 2.06 bits per heavy atom. The van der Waals surface area contributed by atoms with E-state index in [-0.39, 0.29) is 10.6 Å². The van der Waals surface area contributed by atoms with E-state index in [4.69, 9.17) is 10.9 Å². The fourth-order valence-electron chi connectivity index (χ4n) is 1.97. The van der Waals surface area contributed by atoms with Gasteiger partial charge in [-0.1, -0.05) is 6.07 Å². The van der Waals surface area contributed by atoms with Crippen molar-refractivity contribution in [2.24, 2.45) is 5.14 Å². The molecular formula is C11H17N3O3S. The molecule has 1 aromatic carbocycles. The summed E-state index contributed by atoms with van der Waals surface area (Å²) >= 11 is 0. The monoisotopic (exact) mass is 271 g/mol. The molecule has 0 aliphatic heterocycles. The van der Waals surface area contributed by atoms with Crippen LogP contribution in [0.3, 0.4) is 0 Å². The lowest BCUT2D eigenvalue weighted by molar-refractivity contribution is -0.0201. The quantitative estimate of drug-likeness (QED) is 0.585. The molecule has 0 radical (unpaired) electrons. The lowest BCUT2D eigenvalue weighted by atomic mass is 9.80. The van der Waals surface area contributed by atoms with Crippen LogP contribution in [-0.4, -0.2) is 25.7 Å². The van der Waals surface area contributed by atoms with Crippen molar-refractivity contribution in [3.8, 4) is 0 Å². The molecule has 1 aliphatic rings. The third-order valence-electron chi connectivity index (χ3n) is 3.26. The number of aliphatic hydroxyl groups is 1. The van der Waals surface area contributed by atoms with Crippen molar-refractivity contribution in [1.29, 1.82) is 0 Å². The number of rotatable bonds is 4. The minimum Gasteiger partial charge on any atom is -0.396 e. The molecule has 1 aromatic rings. The van der Waals surface area contributed by atoms with Crippen LogP contribution in [-0.2, 0) is 10.0 Å². The Balaban J connectivity index is 2.19. The summed E-state index contributed by atoms with van der Waals surface area (Å²) in [6, 6.07) is 4.57. The zero-order valence-corrected chi connectivity index (χ0v) is 10.7. The summed E-state index contributed by atoms with van der Waals surface area (Å²) in [5.41, 5.74) is 5.61. The first-order valence-electron chi connectivity index (χ1n) is 5.69. The smallest absolute Gasteiger partial charge is 0.240 e. The normalized spacial score (nSPS) is 18.1. The second-order valence-corrected chi connectivity index (χ2v) is 6.22. The molecule has 0 saturated heterocycles. The molecule has 2 rings (SSSR count). The first kappa shape index (κ1) is 13.1. The molecule has 0 spiro atoms. The number of sulfonamides is 1. The average Bonchev–Trinajstić information content (AvgIpc) is 2.23. The predicted octanol–water partition coefficient (Wildman–Crippen LogP) is 0.243. The average molecular weight is 271 g/mol. The largest absolute Gasteiger partial charge is 0.396 e. The first-order chi connectivity index (χ1) is 8.32. The molecule has 1 saturated carbocycles. The maximum absolute atomic E-state index is 11.3. The Kier molecular flexibility index (Phi) is 3.22. The van der Waals surface area contributed by atoms with Crippen molar-refractivity contribution in [1.82, 2.24) is 0 Å². The molecule has 0 unspecified atom stereocenters. The number of para-hydroxylation sites is 1. The van der Waals surface area contributed by atoms with E-state index < -0.39 is 15.6 Å². The number of anilines is 2. The fourth-order valence-corrected chi connectivity index (χ4v) is 2.65. The minimum absolute atomic E-state index is 0.0860. The molecule has 0 aromatic heterocycles. The molecule has 0 atom stereocenters. The molecule has 1 aliphatic carbocycles. The number of hydrogen-bond donors (Lipinski definition) is 4. The van der Waals surface area contributed by atoms with E-state index in [9.17, 15) is 13.5 Å². The highest BCUT2D eigenvalue weighted by atomic mass is 32.2. The minimum atomic E-state index is -3.83. The fraction of sp³-hybridized carbons (Fsp3) is 0.455. The number of nitrogen functional groups attached to an aromatic ring is 1. The number of nitrogens with one attached hydrogen (secondary N) is 1. The topological polar surface area (TPSA) is 118 Å². The van der Waals surface area contributed by atoms with E-state index in [0.717, 1.165) is 19.3 Å². The van der Waals surface area contributed by atoms with Gasteiger partial charge in [-0.3, -0.25) is 0 Å². The highest BCUT2D eigenvalue weighted by Gasteiger charge is 2.34. The molecule has 0 amide bonds. The predicted molar refractivity (Wildman–Crippen MR) is 69.5 cm³/mol. The van der Waals surface area contributed by atoms with Gasteiger partial charge < -0.3 is 16.2 Å². The lowest BCUT2D eigenvalue weighted by Gasteiger charge is -2.37. The lowest BCUT2D eigenvalue weighted by Crippen LogP contribution is -2.43. The molecule has 0 heterocycles. The van der Waals surface area contributed by atoms with Gasteiger partial charge in [0.1, 0.15) is 4.90 Å². The van der Waals surface area contributed by atoms with Gasteiger partial charge in [-0.05, 0) is 31.4 Å². The van der Waals surface area contributed by atoms with Crippen LogP contribution in [0.4, 0.5) is 11.4 Å². The Bertz CT molecular complexity index is 553. The van der Waals surface area contributed by atoms with E-state index in [1.54, 1.807) is 12.1 Å². The highest BCUT2D eigenvalue weighted by molar-refractivity contribution is 7.89. The van der Waals surface area contributed by atoms with E-state index in [1.165, 1.54) is 6.07 Å². The Hall–Kier alpha value is -1.31. The molecule has 6 nitrogen and oxygen atoms in total. The second kappa shape index (κ2) is 4.42. The van der Waals surface area contributed by atoms with Crippen molar-refractivity contribution in [2.75, 3.05) is 17.6 Å². The molecule has 6 N–H and O–H groups in total.